The summed E-state index contributed by atoms with van der Waals surface area (Å²) in [7, 11) is -2.94. The quantitative estimate of drug-likeness (QED) is 0.655. The molecule has 1 unspecified atom stereocenters. The van der Waals surface area contributed by atoms with Gasteiger partial charge in [0.05, 0.1) is 17.9 Å². The SMILES string of the molecule is CC(CC(=O)O)NC(=O)NC1CCS(=O)(=O)CC1. The molecule has 0 aromatic rings. The molecule has 7 nitrogen and oxygen atoms in total. The van der Waals surface area contributed by atoms with Crippen LogP contribution in [0.5, 0.6) is 0 Å². The molecule has 18 heavy (non-hydrogen) atoms. The average molecular weight is 278 g/mol. The average Bonchev–Trinajstić information content (AvgIpc) is 2.19. The second-order valence-corrected chi connectivity index (χ2v) is 6.85. The smallest absolute Gasteiger partial charge is 0.315 e. The van der Waals surface area contributed by atoms with Gasteiger partial charge in [-0.25, -0.2) is 13.2 Å². The Bertz CT molecular complexity index is 406. The summed E-state index contributed by atoms with van der Waals surface area (Å²) in [6.07, 6.45) is 0.665. The largest absolute Gasteiger partial charge is 0.481 e. The summed E-state index contributed by atoms with van der Waals surface area (Å²) in [5.41, 5.74) is 0. The summed E-state index contributed by atoms with van der Waals surface area (Å²) in [6.45, 7) is 1.60. The van der Waals surface area contributed by atoms with Crippen molar-refractivity contribution in [3.8, 4) is 0 Å². The maximum absolute atomic E-state index is 11.5. The van der Waals surface area contributed by atoms with Crippen LogP contribution in [0.15, 0.2) is 0 Å². The minimum atomic E-state index is -2.94. The van der Waals surface area contributed by atoms with E-state index in [9.17, 15) is 18.0 Å². The molecule has 1 atom stereocenters. The van der Waals surface area contributed by atoms with Gasteiger partial charge in [0.1, 0.15) is 9.84 Å². The molecular formula is C10H18N2O5S. The van der Waals surface area contributed by atoms with Gasteiger partial charge in [0.15, 0.2) is 0 Å². The number of hydrogen-bond donors (Lipinski definition) is 3. The molecule has 0 aromatic carbocycles. The molecule has 1 saturated heterocycles. The number of urea groups is 1. The second kappa shape index (κ2) is 6.03. The molecule has 2 amide bonds. The molecule has 1 heterocycles. The number of nitrogens with one attached hydrogen (secondary N) is 2. The highest BCUT2D eigenvalue weighted by Crippen LogP contribution is 2.11. The van der Waals surface area contributed by atoms with Gasteiger partial charge in [-0.1, -0.05) is 0 Å². The third-order valence-corrected chi connectivity index (χ3v) is 4.46. The zero-order chi connectivity index (χ0) is 13.8. The second-order valence-electron chi connectivity index (χ2n) is 4.54. The van der Waals surface area contributed by atoms with E-state index >= 15 is 0 Å². The summed E-state index contributed by atoms with van der Waals surface area (Å²) < 4.78 is 22.4. The van der Waals surface area contributed by atoms with E-state index in [1.54, 1.807) is 6.92 Å². The summed E-state index contributed by atoms with van der Waals surface area (Å²) in [5, 5.41) is 13.7. The van der Waals surface area contributed by atoms with Gasteiger partial charge in [0.2, 0.25) is 0 Å². The van der Waals surface area contributed by atoms with Crippen LogP contribution in [0.3, 0.4) is 0 Å². The van der Waals surface area contributed by atoms with E-state index in [0.717, 1.165) is 0 Å². The molecule has 8 heteroatoms. The van der Waals surface area contributed by atoms with Crippen molar-refractivity contribution in [3.63, 3.8) is 0 Å². The maximum Gasteiger partial charge on any atom is 0.315 e. The van der Waals surface area contributed by atoms with Gasteiger partial charge in [0.25, 0.3) is 0 Å². The predicted octanol–water partition coefficient (Wildman–Crippen LogP) is -0.274. The number of carbonyl (C=O) groups is 2. The Morgan fingerprint density at radius 3 is 2.39 bits per heavy atom. The summed E-state index contributed by atoms with van der Waals surface area (Å²) >= 11 is 0. The number of carbonyl (C=O) groups excluding carboxylic acids is 1. The molecule has 0 radical (unpaired) electrons. The zero-order valence-electron chi connectivity index (χ0n) is 10.2. The Kier molecular flexibility index (Phi) is 4.94. The first-order chi connectivity index (χ1) is 8.28. The first-order valence-corrected chi connectivity index (χ1v) is 7.60. The van der Waals surface area contributed by atoms with Gasteiger partial charge < -0.3 is 15.7 Å². The van der Waals surface area contributed by atoms with Crippen molar-refractivity contribution in [2.45, 2.75) is 38.3 Å². The third kappa shape index (κ3) is 5.35. The van der Waals surface area contributed by atoms with Crippen LogP contribution in [0, 0.1) is 0 Å². The molecule has 0 aliphatic carbocycles. The number of sulfone groups is 1. The Labute approximate surface area is 106 Å². The summed E-state index contributed by atoms with van der Waals surface area (Å²) in [5.74, 6) is -0.808. The van der Waals surface area contributed by atoms with E-state index in [0.29, 0.717) is 12.8 Å². The Balaban J connectivity index is 2.31. The van der Waals surface area contributed by atoms with Gasteiger partial charge in [-0.2, -0.15) is 0 Å². The van der Waals surface area contributed by atoms with Crippen LogP contribution in [-0.4, -0.2) is 49.1 Å². The van der Waals surface area contributed by atoms with Crippen molar-refractivity contribution < 1.29 is 23.1 Å². The Hall–Kier alpha value is -1.31. The fraction of sp³-hybridized carbons (Fsp3) is 0.800. The normalized spacial score (nSPS) is 20.9. The van der Waals surface area contributed by atoms with Gasteiger partial charge in [-0.3, -0.25) is 4.79 Å². The number of carboxylic acid groups (broad SMARTS) is 1. The number of amides is 2. The lowest BCUT2D eigenvalue weighted by atomic mass is 10.1. The molecule has 1 rings (SSSR count). The van der Waals surface area contributed by atoms with Crippen LogP contribution in [0.2, 0.25) is 0 Å². The highest BCUT2D eigenvalue weighted by molar-refractivity contribution is 7.91. The van der Waals surface area contributed by atoms with Gasteiger partial charge in [-0.05, 0) is 19.8 Å². The fourth-order valence-corrected chi connectivity index (χ4v) is 3.29. The molecule has 1 aliphatic rings. The van der Waals surface area contributed by atoms with E-state index in [1.807, 2.05) is 0 Å². The number of carboxylic acids is 1. The van der Waals surface area contributed by atoms with E-state index in [2.05, 4.69) is 10.6 Å². The van der Waals surface area contributed by atoms with Crippen LogP contribution in [0.1, 0.15) is 26.2 Å². The molecule has 0 bridgehead atoms. The highest BCUT2D eigenvalue weighted by Gasteiger charge is 2.24. The predicted molar refractivity (Wildman–Crippen MR) is 65.1 cm³/mol. The van der Waals surface area contributed by atoms with Crippen molar-refractivity contribution in [2.24, 2.45) is 0 Å². The number of hydrogen-bond acceptors (Lipinski definition) is 4. The molecule has 0 aromatic heterocycles. The van der Waals surface area contributed by atoms with Gasteiger partial charge >= 0.3 is 12.0 Å². The zero-order valence-corrected chi connectivity index (χ0v) is 11.0. The molecule has 0 spiro atoms. The monoisotopic (exact) mass is 278 g/mol. The fourth-order valence-electron chi connectivity index (χ4n) is 1.80. The maximum atomic E-state index is 11.5. The van der Waals surface area contributed by atoms with Crippen molar-refractivity contribution in [3.05, 3.63) is 0 Å². The van der Waals surface area contributed by atoms with Crippen LogP contribution in [-0.2, 0) is 14.6 Å². The minimum absolute atomic E-state index is 0.0859. The molecule has 104 valence electrons. The summed E-state index contributed by atoms with van der Waals surface area (Å²) in [6, 6.07) is -1.08. The standard InChI is InChI=1S/C10H18N2O5S/c1-7(6-9(13)14)11-10(15)12-8-2-4-18(16,17)5-3-8/h7-8H,2-6H2,1H3,(H,13,14)(H2,11,12,15). The number of rotatable bonds is 4. The third-order valence-electron chi connectivity index (χ3n) is 2.75. The minimum Gasteiger partial charge on any atom is -0.481 e. The van der Waals surface area contributed by atoms with Gasteiger partial charge in [-0.15, -0.1) is 0 Å². The molecule has 0 saturated carbocycles. The lowest BCUT2D eigenvalue weighted by Gasteiger charge is -2.24. The molecule has 1 aliphatic heterocycles. The van der Waals surface area contributed by atoms with Crippen molar-refractivity contribution in [1.29, 1.82) is 0 Å². The first kappa shape index (κ1) is 14.7. The lowest BCUT2D eigenvalue weighted by molar-refractivity contribution is -0.137. The van der Waals surface area contributed by atoms with E-state index in [1.165, 1.54) is 0 Å². The highest BCUT2D eigenvalue weighted by atomic mass is 32.2. The Morgan fingerprint density at radius 1 is 1.33 bits per heavy atom. The van der Waals surface area contributed by atoms with Crippen LogP contribution in [0.25, 0.3) is 0 Å². The van der Waals surface area contributed by atoms with Crippen molar-refractivity contribution >= 4 is 21.8 Å². The van der Waals surface area contributed by atoms with E-state index in [4.69, 9.17) is 5.11 Å². The van der Waals surface area contributed by atoms with Crippen LogP contribution < -0.4 is 10.6 Å². The molecular weight excluding hydrogens is 260 g/mol. The molecule has 1 fully saturated rings. The lowest BCUT2D eigenvalue weighted by Crippen LogP contribution is -2.48. The van der Waals surface area contributed by atoms with Gasteiger partial charge in [0, 0.05) is 12.1 Å². The van der Waals surface area contributed by atoms with Crippen molar-refractivity contribution in [2.75, 3.05) is 11.5 Å². The summed E-state index contributed by atoms with van der Waals surface area (Å²) in [4.78, 5) is 21.9. The van der Waals surface area contributed by atoms with Crippen LogP contribution >= 0.6 is 0 Å². The number of aliphatic carboxylic acids is 1. The first-order valence-electron chi connectivity index (χ1n) is 5.78. The topological polar surface area (TPSA) is 113 Å². The van der Waals surface area contributed by atoms with E-state index < -0.39 is 27.9 Å². The molecule has 3 N–H and O–H groups in total. The Morgan fingerprint density at radius 2 is 1.89 bits per heavy atom. The van der Waals surface area contributed by atoms with Crippen LogP contribution in [0.4, 0.5) is 4.79 Å². The van der Waals surface area contributed by atoms with E-state index in [-0.39, 0.29) is 24.0 Å². The van der Waals surface area contributed by atoms with Crippen molar-refractivity contribution in [1.82, 2.24) is 10.6 Å².